The molecule has 0 aromatic heterocycles. The number of rotatable bonds is 6. The molecule has 0 amide bonds. The highest BCUT2D eigenvalue weighted by Gasteiger charge is 2.44. The molecule has 2 rings (SSSR count). The number of allylic oxidation sites excluding steroid dienone is 2. The molecular weight excluding hydrogens is 226 g/mol. The first-order valence-corrected chi connectivity index (χ1v) is 7.19. The van der Waals surface area contributed by atoms with Crippen LogP contribution in [0, 0.1) is 17.8 Å². The van der Waals surface area contributed by atoms with Crippen molar-refractivity contribution < 1.29 is 9.53 Å². The molecule has 4 unspecified atom stereocenters. The van der Waals surface area contributed by atoms with E-state index < -0.39 is 0 Å². The summed E-state index contributed by atoms with van der Waals surface area (Å²) in [7, 11) is 1.44. The Hall–Kier alpha value is -0.830. The van der Waals surface area contributed by atoms with Gasteiger partial charge in [0.2, 0.25) is 0 Å². The lowest BCUT2D eigenvalue weighted by atomic mass is 9.83. The second kappa shape index (κ2) is 6.37. The number of hydrogen-bond donors (Lipinski definition) is 1. The van der Waals surface area contributed by atoms with Crippen molar-refractivity contribution in [2.75, 3.05) is 7.11 Å². The SMILES string of the molecule is COC(=O)CCC/C=C/CC1C2CCC(C2)C1N. The normalized spacial score (nSPS) is 34.3. The number of unbranched alkanes of at least 4 members (excludes halogenated alkanes) is 1. The largest absolute Gasteiger partial charge is 0.469 e. The van der Waals surface area contributed by atoms with Crippen molar-refractivity contribution in [1.82, 2.24) is 0 Å². The Bertz CT molecular complexity index is 312. The summed E-state index contributed by atoms with van der Waals surface area (Å²) in [5.41, 5.74) is 6.27. The van der Waals surface area contributed by atoms with E-state index in [1.165, 1.54) is 26.4 Å². The van der Waals surface area contributed by atoms with E-state index in [4.69, 9.17) is 5.73 Å². The third-order valence-electron chi connectivity index (χ3n) is 4.71. The molecule has 102 valence electrons. The second-order valence-electron chi connectivity index (χ2n) is 5.75. The van der Waals surface area contributed by atoms with Crippen molar-refractivity contribution in [2.24, 2.45) is 23.5 Å². The summed E-state index contributed by atoms with van der Waals surface area (Å²) in [6.07, 6.45) is 12.1. The second-order valence-corrected chi connectivity index (χ2v) is 5.75. The Kier molecular flexibility index (Phi) is 4.81. The number of methoxy groups -OCH3 is 1. The van der Waals surface area contributed by atoms with Gasteiger partial charge in [-0.05, 0) is 56.3 Å². The number of esters is 1. The van der Waals surface area contributed by atoms with E-state index in [2.05, 4.69) is 16.9 Å². The minimum atomic E-state index is -0.112. The van der Waals surface area contributed by atoms with Gasteiger partial charge in [-0.15, -0.1) is 0 Å². The van der Waals surface area contributed by atoms with Crippen molar-refractivity contribution in [2.45, 2.75) is 51.0 Å². The molecule has 4 atom stereocenters. The van der Waals surface area contributed by atoms with Crippen LogP contribution in [-0.4, -0.2) is 19.1 Å². The number of ether oxygens (including phenoxy) is 1. The lowest BCUT2D eigenvalue weighted by Gasteiger charge is -2.27. The summed E-state index contributed by atoms with van der Waals surface area (Å²) in [4.78, 5) is 10.9. The average Bonchev–Trinajstić information content (AvgIpc) is 2.95. The highest BCUT2D eigenvalue weighted by Crippen LogP contribution is 2.48. The van der Waals surface area contributed by atoms with Crippen molar-refractivity contribution in [3.8, 4) is 0 Å². The monoisotopic (exact) mass is 251 g/mol. The molecule has 2 aliphatic carbocycles. The van der Waals surface area contributed by atoms with Crippen LogP contribution in [0.1, 0.15) is 44.9 Å². The fourth-order valence-electron chi connectivity index (χ4n) is 3.64. The molecule has 2 fully saturated rings. The van der Waals surface area contributed by atoms with Crippen LogP contribution in [-0.2, 0) is 9.53 Å². The summed E-state index contributed by atoms with van der Waals surface area (Å²) in [5, 5.41) is 0. The van der Waals surface area contributed by atoms with Gasteiger partial charge in [-0.1, -0.05) is 12.2 Å². The van der Waals surface area contributed by atoms with Gasteiger partial charge in [-0.2, -0.15) is 0 Å². The van der Waals surface area contributed by atoms with Gasteiger partial charge in [0, 0.05) is 12.5 Å². The zero-order valence-electron chi connectivity index (χ0n) is 11.3. The van der Waals surface area contributed by atoms with E-state index in [1.807, 2.05) is 0 Å². The third kappa shape index (κ3) is 3.14. The molecule has 0 aliphatic heterocycles. The molecule has 3 heteroatoms. The van der Waals surface area contributed by atoms with Gasteiger partial charge >= 0.3 is 5.97 Å². The minimum Gasteiger partial charge on any atom is -0.469 e. The summed E-state index contributed by atoms with van der Waals surface area (Å²) in [6.45, 7) is 0. The van der Waals surface area contributed by atoms with E-state index in [0.717, 1.165) is 31.1 Å². The van der Waals surface area contributed by atoms with Crippen molar-refractivity contribution >= 4 is 5.97 Å². The average molecular weight is 251 g/mol. The van der Waals surface area contributed by atoms with E-state index in [0.29, 0.717) is 18.4 Å². The molecular formula is C15H25NO2. The number of carbonyl (C=O) groups excluding carboxylic acids is 1. The topological polar surface area (TPSA) is 52.3 Å². The summed E-state index contributed by atoms with van der Waals surface area (Å²) in [5.74, 6) is 2.27. The Morgan fingerprint density at radius 2 is 2.11 bits per heavy atom. The molecule has 2 aliphatic rings. The van der Waals surface area contributed by atoms with Crippen LogP contribution in [0.5, 0.6) is 0 Å². The number of nitrogens with two attached hydrogens (primary N) is 1. The lowest BCUT2D eigenvalue weighted by Crippen LogP contribution is -2.35. The summed E-state index contributed by atoms with van der Waals surface area (Å²) >= 11 is 0. The van der Waals surface area contributed by atoms with Gasteiger partial charge < -0.3 is 10.5 Å². The predicted octanol–water partition coefficient (Wildman–Crippen LogP) is 2.65. The predicted molar refractivity (Wildman–Crippen MR) is 71.9 cm³/mol. The van der Waals surface area contributed by atoms with Crippen LogP contribution in [0.3, 0.4) is 0 Å². The van der Waals surface area contributed by atoms with E-state index in [1.54, 1.807) is 0 Å². The Morgan fingerprint density at radius 1 is 1.33 bits per heavy atom. The highest BCUT2D eigenvalue weighted by molar-refractivity contribution is 5.68. The van der Waals surface area contributed by atoms with Gasteiger partial charge in [0.05, 0.1) is 7.11 Å². The Balaban J connectivity index is 1.61. The zero-order chi connectivity index (χ0) is 13.0. The molecule has 2 N–H and O–H groups in total. The molecule has 3 nitrogen and oxygen atoms in total. The van der Waals surface area contributed by atoms with Crippen LogP contribution in [0.15, 0.2) is 12.2 Å². The number of fused-ring (bicyclic) bond motifs is 2. The molecule has 18 heavy (non-hydrogen) atoms. The fourth-order valence-corrected chi connectivity index (χ4v) is 3.64. The standard InChI is InChI=1S/C15H25NO2/c1-18-14(17)7-5-3-2-4-6-13-11-8-9-12(10-11)15(13)16/h2,4,11-13,15H,3,5-10,16H2,1H3/b4-2+. The van der Waals surface area contributed by atoms with Crippen LogP contribution in [0.4, 0.5) is 0 Å². The zero-order valence-corrected chi connectivity index (χ0v) is 11.3. The summed E-state index contributed by atoms with van der Waals surface area (Å²) in [6, 6.07) is 0.434. The molecule has 0 saturated heterocycles. The fraction of sp³-hybridized carbons (Fsp3) is 0.800. The summed E-state index contributed by atoms with van der Waals surface area (Å²) < 4.78 is 4.61. The quantitative estimate of drug-likeness (QED) is 0.448. The smallest absolute Gasteiger partial charge is 0.305 e. The Morgan fingerprint density at radius 3 is 2.78 bits per heavy atom. The first-order chi connectivity index (χ1) is 8.72. The van der Waals surface area contributed by atoms with Crippen LogP contribution < -0.4 is 5.73 Å². The van der Waals surface area contributed by atoms with Crippen molar-refractivity contribution in [3.63, 3.8) is 0 Å². The third-order valence-corrected chi connectivity index (χ3v) is 4.71. The first-order valence-electron chi connectivity index (χ1n) is 7.19. The molecule has 2 saturated carbocycles. The first kappa shape index (κ1) is 13.6. The Labute approximate surface area is 110 Å². The molecule has 0 aromatic rings. The van der Waals surface area contributed by atoms with Gasteiger partial charge in [0.15, 0.2) is 0 Å². The highest BCUT2D eigenvalue weighted by atomic mass is 16.5. The van der Waals surface area contributed by atoms with Gasteiger partial charge in [-0.25, -0.2) is 0 Å². The lowest BCUT2D eigenvalue weighted by molar-refractivity contribution is -0.140. The van der Waals surface area contributed by atoms with Crippen molar-refractivity contribution in [1.29, 1.82) is 0 Å². The number of carbonyl (C=O) groups is 1. The van der Waals surface area contributed by atoms with E-state index in [-0.39, 0.29) is 5.97 Å². The number of hydrogen-bond acceptors (Lipinski definition) is 3. The molecule has 0 spiro atoms. The molecule has 0 heterocycles. The van der Waals surface area contributed by atoms with E-state index >= 15 is 0 Å². The maximum absolute atomic E-state index is 10.9. The van der Waals surface area contributed by atoms with E-state index in [9.17, 15) is 4.79 Å². The minimum absolute atomic E-state index is 0.112. The van der Waals surface area contributed by atoms with Gasteiger partial charge in [0.25, 0.3) is 0 Å². The van der Waals surface area contributed by atoms with Crippen LogP contribution in [0.2, 0.25) is 0 Å². The molecule has 0 aromatic carbocycles. The van der Waals surface area contributed by atoms with Gasteiger partial charge in [0.1, 0.15) is 0 Å². The molecule has 0 radical (unpaired) electrons. The van der Waals surface area contributed by atoms with Crippen LogP contribution in [0.25, 0.3) is 0 Å². The van der Waals surface area contributed by atoms with Crippen molar-refractivity contribution in [3.05, 3.63) is 12.2 Å². The maximum atomic E-state index is 10.9. The van der Waals surface area contributed by atoms with Gasteiger partial charge in [-0.3, -0.25) is 4.79 Å². The maximum Gasteiger partial charge on any atom is 0.305 e. The van der Waals surface area contributed by atoms with Crippen LogP contribution >= 0.6 is 0 Å². The molecule has 2 bridgehead atoms.